The van der Waals surface area contributed by atoms with Crippen molar-refractivity contribution in [1.29, 1.82) is 5.26 Å². The van der Waals surface area contributed by atoms with E-state index in [1.165, 1.54) is 11.1 Å². The second-order valence-corrected chi connectivity index (χ2v) is 9.61. The van der Waals surface area contributed by atoms with E-state index >= 15 is 0 Å². The number of aromatic nitrogens is 2. The van der Waals surface area contributed by atoms with Gasteiger partial charge in [0.05, 0.1) is 18.3 Å². The van der Waals surface area contributed by atoms with Crippen molar-refractivity contribution < 1.29 is 14.6 Å². The normalized spacial score (nSPS) is 18.8. The molecule has 2 aromatic carbocycles. The van der Waals surface area contributed by atoms with Crippen LogP contribution in [0.5, 0.6) is 5.75 Å². The van der Waals surface area contributed by atoms with E-state index in [0.717, 1.165) is 29.5 Å². The second-order valence-electron chi connectivity index (χ2n) is 9.61. The number of fused-ring (bicyclic) bond motifs is 2. The average Bonchev–Trinajstić information content (AvgIpc) is 3.38. The first-order valence-corrected chi connectivity index (χ1v) is 12.0. The van der Waals surface area contributed by atoms with Gasteiger partial charge in [0, 0.05) is 48.4 Å². The number of β-amino-alcohol motifs (C(OH)–C–C–N with tert-alkyl or cyclic N) is 1. The van der Waals surface area contributed by atoms with Crippen molar-refractivity contribution in [3.63, 3.8) is 0 Å². The zero-order valence-electron chi connectivity index (χ0n) is 20.0. The molecule has 0 bridgehead atoms. The van der Waals surface area contributed by atoms with Gasteiger partial charge < -0.3 is 14.7 Å². The van der Waals surface area contributed by atoms with Crippen molar-refractivity contribution in [3.8, 4) is 34.3 Å². The summed E-state index contributed by atoms with van der Waals surface area (Å²) in [6.07, 6.45) is 5.95. The Morgan fingerprint density at radius 3 is 2.71 bits per heavy atom. The summed E-state index contributed by atoms with van der Waals surface area (Å²) in [6, 6.07) is 13.9. The number of nitriles is 1. The lowest BCUT2D eigenvalue weighted by Gasteiger charge is -2.25. The lowest BCUT2D eigenvalue weighted by molar-refractivity contribution is -0.128. The van der Waals surface area contributed by atoms with Gasteiger partial charge in [0.2, 0.25) is 5.91 Å². The van der Waals surface area contributed by atoms with E-state index in [-0.39, 0.29) is 24.0 Å². The first-order valence-electron chi connectivity index (χ1n) is 12.0. The zero-order chi connectivity index (χ0) is 24.6. The molecule has 0 radical (unpaired) electrons. The van der Waals surface area contributed by atoms with Crippen LogP contribution in [-0.4, -0.2) is 51.7 Å². The Hall–Kier alpha value is -3.76. The van der Waals surface area contributed by atoms with Crippen LogP contribution in [-0.2, 0) is 16.6 Å². The maximum atomic E-state index is 12.5. The van der Waals surface area contributed by atoms with Crippen LogP contribution in [0.2, 0.25) is 0 Å². The van der Waals surface area contributed by atoms with Crippen LogP contribution >= 0.6 is 0 Å². The lowest BCUT2D eigenvalue weighted by atomic mass is 9.80. The highest BCUT2D eigenvalue weighted by Gasteiger charge is 2.48. The first kappa shape index (κ1) is 23.0. The fraction of sp³-hybridized carbons (Fsp3) is 0.357. The Bertz CT molecular complexity index is 1310. The minimum Gasteiger partial charge on any atom is -0.490 e. The minimum atomic E-state index is -0.175. The van der Waals surface area contributed by atoms with Gasteiger partial charge in [0.15, 0.2) is 5.82 Å². The maximum absolute atomic E-state index is 12.5. The topological polar surface area (TPSA) is 99.3 Å². The molecule has 1 fully saturated rings. The van der Waals surface area contributed by atoms with E-state index in [1.807, 2.05) is 38.4 Å². The monoisotopic (exact) mass is 468 g/mol. The number of amides is 1. The summed E-state index contributed by atoms with van der Waals surface area (Å²) in [6.45, 7) is 4.89. The number of carbonyl (C=O) groups is 1. The number of hydrogen-bond acceptors (Lipinski definition) is 6. The summed E-state index contributed by atoms with van der Waals surface area (Å²) in [5.41, 5.74) is 5.55. The molecule has 0 saturated carbocycles. The quantitative estimate of drug-likeness (QED) is 0.589. The predicted molar refractivity (Wildman–Crippen MR) is 132 cm³/mol. The molecule has 7 nitrogen and oxygen atoms in total. The van der Waals surface area contributed by atoms with Crippen molar-refractivity contribution >= 4 is 5.91 Å². The summed E-state index contributed by atoms with van der Waals surface area (Å²) in [4.78, 5) is 23.5. The Kier molecular flexibility index (Phi) is 6.00. The molecule has 7 heteroatoms. The Balaban J connectivity index is 1.43. The second kappa shape index (κ2) is 9.12. The van der Waals surface area contributed by atoms with Crippen molar-refractivity contribution in [2.24, 2.45) is 0 Å². The zero-order valence-corrected chi connectivity index (χ0v) is 20.0. The van der Waals surface area contributed by atoms with Gasteiger partial charge in [0.25, 0.3) is 0 Å². The van der Waals surface area contributed by atoms with Crippen molar-refractivity contribution in [2.75, 3.05) is 19.7 Å². The van der Waals surface area contributed by atoms with Crippen molar-refractivity contribution in [1.82, 2.24) is 14.9 Å². The Morgan fingerprint density at radius 2 is 2.00 bits per heavy atom. The number of carbonyl (C=O) groups excluding carboxylic acids is 1. The van der Waals surface area contributed by atoms with E-state index in [4.69, 9.17) is 4.74 Å². The van der Waals surface area contributed by atoms with Crippen LogP contribution in [0.3, 0.4) is 0 Å². The van der Waals surface area contributed by atoms with Crippen LogP contribution in [0, 0.1) is 11.3 Å². The molecular weight excluding hydrogens is 440 g/mol. The van der Waals surface area contributed by atoms with E-state index in [2.05, 4.69) is 28.2 Å². The highest BCUT2D eigenvalue weighted by atomic mass is 16.5. The molecule has 1 aliphatic carbocycles. The fourth-order valence-corrected chi connectivity index (χ4v) is 5.43. The summed E-state index contributed by atoms with van der Waals surface area (Å²) >= 11 is 0. The third kappa shape index (κ3) is 4.15. The summed E-state index contributed by atoms with van der Waals surface area (Å²) < 4.78 is 5.71. The van der Waals surface area contributed by atoms with Gasteiger partial charge in [-0.1, -0.05) is 18.2 Å². The number of likely N-dealkylation sites (tertiary alicyclic amines) is 1. The molecule has 35 heavy (non-hydrogen) atoms. The highest BCUT2D eigenvalue weighted by Crippen LogP contribution is 2.48. The summed E-state index contributed by atoms with van der Waals surface area (Å²) in [5.74, 6) is 1.22. The number of rotatable bonds is 6. The van der Waals surface area contributed by atoms with Gasteiger partial charge in [-0.15, -0.1) is 0 Å². The largest absolute Gasteiger partial charge is 0.490 e. The number of hydrogen-bond donors (Lipinski definition) is 1. The van der Waals surface area contributed by atoms with Crippen LogP contribution in [0.4, 0.5) is 0 Å². The SMILES string of the molecule is CC(C)Oc1ccc(-c2ncc(-c3cccc4c3CC[C@]43CC(=O)N(CCO)C3)cn2)cc1C#N. The minimum absolute atomic E-state index is 0.0122. The van der Waals surface area contributed by atoms with E-state index in [1.54, 1.807) is 17.0 Å². The summed E-state index contributed by atoms with van der Waals surface area (Å²) in [5, 5.41) is 18.8. The molecule has 5 rings (SSSR count). The van der Waals surface area contributed by atoms with Gasteiger partial charge in [-0.2, -0.15) is 5.26 Å². The molecule has 1 atom stereocenters. The Labute approximate surface area is 205 Å². The molecule has 2 aliphatic rings. The predicted octanol–water partition coefficient (Wildman–Crippen LogP) is 3.88. The van der Waals surface area contributed by atoms with E-state index < -0.39 is 0 Å². The molecule has 2 heterocycles. The standard InChI is InChI=1S/C28H28N4O3/c1-18(2)35-25-7-6-19(12-20(25)14-29)27-30-15-21(16-31-27)22-4-3-5-24-23(22)8-9-28(24)13-26(34)32(17-28)10-11-33/h3-7,12,15-16,18,33H,8-11,13,17H2,1-2H3/t28-/m1/s1. The lowest BCUT2D eigenvalue weighted by Crippen LogP contribution is -2.32. The van der Waals surface area contributed by atoms with Crippen molar-refractivity contribution in [2.45, 2.75) is 44.6 Å². The molecule has 1 N–H and O–H groups in total. The highest BCUT2D eigenvalue weighted by molar-refractivity contribution is 5.82. The number of nitrogens with zero attached hydrogens (tertiary/aromatic N) is 4. The maximum Gasteiger partial charge on any atom is 0.223 e. The number of ether oxygens (including phenoxy) is 1. The molecule has 1 amide bonds. The number of aliphatic hydroxyl groups is 1. The molecule has 1 aliphatic heterocycles. The van der Waals surface area contributed by atoms with Gasteiger partial charge in [-0.05, 0) is 61.6 Å². The number of aliphatic hydroxyl groups excluding tert-OH is 1. The van der Waals surface area contributed by atoms with Crippen LogP contribution in [0.15, 0.2) is 48.8 Å². The molecule has 178 valence electrons. The van der Waals surface area contributed by atoms with Gasteiger partial charge in [-0.25, -0.2) is 9.97 Å². The van der Waals surface area contributed by atoms with Gasteiger partial charge >= 0.3 is 0 Å². The van der Waals surface area contributed by atoms with E-state index in [0.29, 0.717) is 36.6 Å². The molecule has 0 unspecified atom stereocenters. The molecule has 1 aromatic heterocycles. The fourth-order valence-electron chi connectivity index (χ4n) is 5.43. The van der Waals surface area contributed by atoms with Crippen LogP contribution in [0.25, 0.3) is 22.5 Å². The molecule has 3 aromatic rings. The van der Waals surface area contributed by atoms with E-state index in [9.17, 15) is 15.2 Å². The van der Waals surface area contributed by atoms with Crippen LogP contribution < -0.4 is 4.74 Å². The smallest absolute Gasteiger partial charge is 0.223 e. The summed E-state index contributed by atoms with van der Waals surface area (Å²) in [7, 11) is 0. The van der Waals surface area contributed by atoms with Crippen LogP contribution in [0.1, 0.15) is 43.4 Å². The third-order valence-electron chi connectivity index (χ3n) is 6.99. The van der Waals surface area contributed by atoms with Gasteiger partial charge in [0.1, 0.15) is 11.8 Å². The molecular formula is C28H28N4O3. The molecule has 1 saturated heterocycles. The van der Waals surface area contributed by atoms with Crippen molar-refractivity contribution in [3.05, 3.63) is 65.5 Å². The number of benzene rings is 2. The first-order chi connectivity index (χ1) is 16.9. The third-order valence-corrected chi connectivity index (χ3v) is 6.99. The Morgan fingerprint density at radius 1 is 1.20 bits per heavy atom. The average molecular weight is 469 g/mol. The van der Waals surface area contributed by atoms with Gasteiger partial charge in [-0.3, -0.25) is 4.79 Å². The molecule has 1 spiro atoms.